The number of ether oxygens (including phenoxy) is 1. The Hall–Kier alpha value is -0.555. The molecule has 6 nitrogen and oxygen atoms in total. The smallest absolute Gasteiger partial charge is 0.492 e. The first-order valence-electron chi connectivity index (χ1n) is 5.39. The van der Waals surface area contributed by atoms with E-state index in [1.54, 1.807) is 0 Å². The van der Waals surface area contributed by atoms with Crippen LogP contribution in [-0.4, -0.2) is 33.5 Å². The molecule has 0 bridgehead atoms. The third-order valence-electron chi connectivity index (χ3n) is 2.94. The molecular weight excluding hydrogens is 293 g/mol. The predicted octanol–water partition coefficient (Wildman–Crippen LogP) is 1.55. The summed E-state index contributed by atoms with van der Waals surface area (Å²) in [6.07, 6.45) is 0. The molecule has 1 aromatic rings. The van der Waals surface area contributed by atoms with Crippen molar-refractivity contribution in [2.24, 2.45) is 0 Å². The van der Waals surface area contributed by atoms with Gasteiger partial charge in [-0.3, -0.25) is 4.57 Å². The molecule has 1 N–H and O–H groups in total. The largest absolute Gasteiger partial charge is 0.495 e. The number of benzene rings is 1. The van der Waals surface area contributed by atoms with Gasteiger partial charge in [0.05, 0.1) is 12.1 Å². The molecule has 19 heavy (non-hydrogen) atoms. The quantitative estimate of drug-likeness (QED) is 0.672. The van der Waals surface area contributed by atoms with E-state index in [0.717, 1.165) is 0 Å². The zero-order chi connectivity index (χ0) is 14.2. The Balaban J connectivity index is 2.53. The van der Waals surface area contributed by atoms with E-state index in [-0.39, 0.29) is 0 Å². The van der Waals surface area contributed by atoms with Crippen LogP contribution < -0.4 is 10.2 Å². The molecule has 104 valence electrons. The van der Waals surface area contributed by atoms with Crippen LogP contribution in [-0.2, 0) is 18.3 Å². The van der Waals surface area contributed by atoms with Crippen LogP contribution in [0, 0.1) is 0 Å². The maximum absolute atomic E-state index is 12.4. The third-order valence-corrected chi connectivity index (χ3v) is 5.23. The molecule has 1 aromatic carbocycles. The highest BCUT2D eigenvalue weighted by Crippen LogP contribution is 2.61. The Morgan fingerprint density at radius 3 is 2.53 bits per heavy atom. The summed E-state index contributed by atoms with van der Waals surface area (Å²) in [5, 5.41) is 10.2. The molecule has 0 saturated carbocycles. The topological polar surface area (TPSA) is 74.2 Å². The van der Waals surface area contributed by atoms with Gasteiger partial charge in [-0.05, 0) is 23.2 Å². The molecule has 0 aromatic heterocycles. The standard InChI is InChI=1S/C10H13BClO6P/c1-15-9-5-7-6(4-8(9)12)10(18-11(7)13)19(14,16-2)17-3/h4-5,10,13H,1-3H3. The minimum Gasteiger partial charge on any atom is -0.495 e. The number of fused-ring (bicyclic) bond motifs is 1. The minimum atomic E-state index is -3.52. The number of hydrogen-bond acceptors (Lipinski definition) is 6. The molecule has 9 heteroatoms. The highest BCUT2D eigenvalue weighted by atomic mass is 35.5. The molecule has 0 amide bonds. The zero-order valence-corrected chi connectivity index (χ0v) is 12.3. The van der Waals surface area contributed by atoms with Crippen LogP contribution in [0.5, 0.6) is 5.75 Å². The van der Waals surface area contributed by atoms with Crippen LogP contribution >= 0.6 is 19.2 Å². The van der Waals surface area contributed by atoms with Gasteiger partial charge in [-0.1, -0.05) is 11.6 Å². The lowest BCUT2D eigenvalue weighted by Gasteiger charge is -2.21. The van der Waals surface area contributed by atoms with E-state index in [2.05, 4.69) is 0 Å². The molecule has 2 rings (SSSR count). The van der Waals surface area contributed by atoms with Gasteiger partial charge in [-0.25, -0.2) is 0 Å². The summed E-state index contributed by atoms with van der Waals surface area (Å²) in [4.78, 5) is 0. The maximum atomic E-state index is 12.4. The van der Waals surface area contributed by atoms with Gasteiger partial charge < -0.3 is 23.5 Å². The molecule has 1 atom stereocenters. The molecule has 1 unspecified atom stereocenters. The Kier molecular flexibility index (Phi) is 4.25. The molecule has 0 saturated heterocycles. The summed E-state index contributed by atoms with van der Waals surface area (Å²) in [7, 11) is -0.788. The van der Waals surface area contributed by atoms with Crippen molar-refractivity contribution in [2.75, 3.05) is 21.3 Å². The summed E-state index contributed by atoms with van der Waals surface area (Å²) in [6, 6.07) is 3.07. The van der Waals surface area contributed by atoms with Crippen LogP contribution in [0.2, 0.25) is 5.02 Å². The van der Waals surface area contributed by atoms with Crippen molar-refractivity contribution in [1.82, 2.24) is 0 Å². The van der Waals surface area contributed by atoms with Gasteiger partial charge in [0.1, 0.15) is 5.75 Å². The van der Waals surface area contributed by atoms with E-state index < -0.39 is 20.6 Å². The number of rotatable bonds is 4. The number of halogens is 1. The first-order valence-corrected chi connectivity index (χ1v) is 7.38. The molecule has 1 aliphatic heterocycles. The zero-order valence-electron chi connectivity index (χ0n) is 10.6. The summed E-state index contributed by atoms with van der Waals surface area (Å²) >= 11 is 6.02. The van der Waals surface area contributed by atoms with Crippen molar-refractivity contribution >= 4 is 31.8 Å². The Bertz CT molecular complexity index is 531. The normalized spacial score (nSPS) is 18.6. The molecule has 0 aliphatic carbocycles. The fourth-order valence-corrected chi connectivity index (χ4v) is 3.56. The van der Waals surface area contributed by atoms with Crippen molar-refractivity contribution in [2.45, 2.75) is 5.85 Å². The molecular formula is C10H13BClO6P. The van der Waals surface area contributed by atoms with Crippen LogP contribution in [0.1, 0.15) is 11.4 Å². The lowest BCUT2D eigenvalue weighted by molar-refractivity contribution is 0.183. The van der Waals surface area contributed by atoms with Gasteiger partial charge in [0.15, 0.2) is 5.85 Å². The monoisotopic (exact) mass is 306 g/mol. The summed E-state index contributed by atoms with van der Waals surface area (Å²) in [5.41, 5.74) is 0.894. The number of hydrogen-bond donors (Lipinski definition) is 1. The molecule has 1 heterocycles. The van der Waals surface area contributed by atoms with E-state index >= 15 is 0 Å². The molecule has 0 fully saturated rings. The van der Waals surface area contributed by atoms with E-state index in [1.165, 1.54) is 33.5 Å². The summed E-state index contributed by atoms with van der Waals surface area (Å²) in [5.74, 6) is -0.621. The third kappa shape index (κ3) is 2.42. The molecule has 0 spiro atoms. The van der Waals surface area contributed by atoms with E-state index in [4.69, 9.17) is 30.0 Å². The minimum absolute atomic E-state index is 0.322. The van der Waals surface area contributed by atoms with Crippen molar-refractivity contribution in [1.29, 1.82) is 0 Å². The van der Waals surface area contributed by atoms with Gasteiger partial charge in [-0.15, -0.1) is 0 Å². The highest BCUT2D eigenvalue weighted by Gasteiger charge is 2.47. The van der Waals surface area contributed by atoms with Gasteiger partial charge in [0.25, 0.3) is 0 Å². The van der Waals surface area contributed by atoms with Crippen LogP contribution in [0.3, 0.4) is 0 Å². The van der Waals surface area contributed by atoms with E-state index in [1.807, 2.05) is 0 Å². The van der Waals surface area contributed by atoms with Gasteiger partial charge >= 0.3 is 14.7 Å². The second-order valence-electron chi connectivity index (χ2n) is 3.86. The summed E-state index contributed by atoms with van der Waals surface area (Å²) in [6.45, 7) is 0. The average Bonchev–Trinajstić information content (AvgIpc) is 2.74. The Morgan fingerprint density at radius 1 is 1.37 bits per heavy atom. The maximum Gasteiger partial charge on any atom is 0.492 e. The second kappa shape index (κ2) is 5.44. The Morgan fingerprint density at radius 2 is 2.00 bits per heavy atom. The SMILES string of the molecule is COc1cc2c(cc1Cl)C(P(=O)(OC)OC)OB2O. The number of methoxy groups -OCH3 is 1. The lowest BCUT2D eigenvalue weighted by Crippen LogP contribution is -2.28. The van der Waals surface area contributed by atoms with Crippen LogP contribution in [0.15, 0.2) is 12.1 Å². The lowest BCUT2D eigenvalue weighted by atomic mass is 9.79. The van der Waals surface area contributed by atoms with Gasteiger partial charge in [0, 0.05) is 14.2 Å². The predicted molar refractivity (Wildman–Crippen MR) is 71.1 cm³/mol. The fourth-order valence-electron chi connectivity index (χ4n) is 1.95. The average molecular weight is 306 g/mol. The van der Waals surface area contributed by atoms with Crippen molar-refractivity contribution in [3.63, 3.8) is 0 Å². The molecule has 1 aliphatic rings. The van der Waals surface area contributed by atoms with Crippen LogP contribution in [0.4, 0.5) is 0 Å². The van der Waals surface area contributed by atoms with E-state index in [9.17, 15) is 9.59 Å². The van der Waals surface area contributed by atoms with Gasteiger partial charge in [-0.2, -0.15) is 0 Å². The molecule has 0 radical (unpaired) electrons. The summed E-state index contributed by atoms with van der Waals surface area (Å²) < 4.78 is 32.5. The van der Waals surface area contributed by atoms with Crippen molar-refractivity contribution in [3.05, 3.63) is 22.7 Å². The van der Waals surface area contributed by atoms with Crippen LogP contribution in [0.25, 0.3) is 0 Å². The Labute approximate surface area is 116 Å². The van der Waals surface area contributed by atoms with Gasteiger partial charge in [0.2, 0.25) is 0 Å². The first-order chi connectivity index (χ1) is 8.96. The second-order valence-corrected chi connectivity index (χ2v) is 6.55. The highest BCUT2D eigenvalue weighted by molar-refractivity contribution is 7.54. The fraction of sp³-hybridized carbons (Fsp3) is 0.400. The van der Waals surface area contributed by atoms with E-state index in [0.29, 0.717) is 21.8 Å². The van der Waals surface area contributed by atoms with Crippen molar-refractivity contribution < 1.29 is 28.0 Å². The van der Waals surface area contributed by atoms with Crippen molar-refractivity contribution in [3.8, 4) is 5.75 Å². The first kappa shape index (κ1) is 14.8.